The van der Waals surface area contributed by atoms with Crippen LogP contribution < -0.4 is 9.64 Å². The maximum Gasteiger partial charge on any atom is 0.223 e. The number of hydrogen-bond acceptors (Lipinski definition) is 5. The van der Waals surface area contributed by atoms with Crippen LogP contribution in [0.4, 0.5) is 5.69 Å². The molecule has 0 saturated carbocycles. The average Bonchev–Trinajstić information content (AvgIpc) is 2.93. The number of ether oxygens (including phenoxy) is 1. The second-order valence-corrected chi connectivity index (χ2v) is 8.74. The standard InChI is InChI=1S/C17H24N2O4S/c1-23-16-5-3-2-4-15(16)18-7-9-19(10-8-18)17(20)12-14-6-11-24(21,22)13-14/h2-5,14H,6-13H2,1H3/t14-/m1/s1. The minimum atomic E-state index is -2.92. The van der Waals surface area contributed by atoms with Gasteiger partial charge in [-0.1, -0.05) is 12.1 Å². The predicted molar refractivity (Wildman–Crippen MR) is 93.2 cm³/mol. The van der Waals surface area contributed by atoms with E-state index in [2.05, 4.69) is 4.90 Å². The Labute approximate surface area is 143 Å². The van der Waals surface area contributed by atoms with E-state index in [1.165, 1.54) is 0 Å². The van der Waals surface area contributed by atoms with Gasteiger partial charge in [0.2, 0.25) is 5.91 Å². The third kappa shape index (κ3) is 3.83. The number of anilines is 1. The monoisotopic (exact) mass is 352 g/mol. The van der Waals surface area contributed by atoms with Gasteiger partial charge in [0.1, 0.15) is 5.75 Å². The lowest BCUT2D eigenvalue weighted by molar-refractivity contribution is -0.132. The van der Waals surface area contributed by atoms with Gasteiger partial charge in [-0.15, -0.1) is 0 Å². The Morgan fingerprint density at radius 3 is 2.54 bits per heavy atom. The van der Waals surface area contributed by atoms with Crippen LogP contribution in [0.2, 0.25) is 0 Å². The summed E-state index contributed by atoms with van der Waals surface area (Å²) in [6, 6.07) is 7.89. The summed E-state index contributed by atoms with van der Waals surface area (Å²) < 4.78 is 28.4. The molecule has 2 saturated heterocycles. The van der Waals surface area contributed by atoms with Gasteiger partial charge in [-0.2, -0.15) is 0 Å². The van der Waals surface area contributed by atoms with Crippen molar-refractivity contribution < 1.29 is 17.9 Å². The molecule has 1 aromatic carbocycles. The highest BCUT2D eigenvalue weighted by molar-refractivity contribution is 7.91. The van der Waals surface area contributed by atoms with Gasteiger partial charge in [-0.3, -0.25) is 4.79 Å². The van der Waals surface area contributed by atoms with Gasteiger partial charge in [0.15, 0.2) is 9.84 Å². The van der Waals surface area contributed by atoms with Crippen molar-refractivity contribution in [3.8, 4) is 5.75 Å². The highest BCUT2D eigenvalue weighted by Crippen LogP contribution is 2.29. The Morgan fingerprint density at radius 1 is 1.21 bits per heavy atom. The fourth-order valence-corrected chi connectivity index (χ4v) is 5.36. The lowest BCUT2D eigenvalue weighted by Crippen LogP contribution is -2.49. The first-order chi connectivity index (χ1) is 11.5. The molecule has 1 atom stereocenters. The van der Waals surface area contributed by atoms with Crippen molar-refractivity contribution in [1.29, 1.82) is 0 Å². The Hall–Kier alpha value is -1.76. The molecule has 0 aromatic heterocycles. The lowest BCUT2D eigenvalue weighted by atomic mass is 10.0. The molecule has 2 aliphatic heterocycles. The van der Waals surface area contributed by atoms with Crippen LogP contribution in [0, 0.1) is 5.92 Å². The van der Waals surface area contributed by atoms with Crippen molar-refractivity contribution in [2.45, 2.75) is 12.8 Å². The number of benzene rings is 1. The van der Waals surface area contributed by atoms with E-state index in [4.69, 9.17) is 4.74 Å². The van der Waals surface area contributed by atoms with E-state index in [-0.39, 0.29) is 23.3 Å². The minimum Gasteiger partial charge on any atom is -0.495 e. The van der Waals surface area contributed by atoms with Crippen LogP contribution in [0.1, 0.15) is 12.8 Å². The number of carbonyl (C=O) groups excluding carboxylic acids is 1. The molecule has 0 aliphatic carbocycles. The molecule has 0 bridgehead atoms. The molecule has 7 heteroatoms. The summed E-state index contributed by atoms with van der Waals surface area (Å²) in [5.41, 5.74) is 1.05. The molecule has 1 amide bonds. The summed E-state index contributed by atoms with van der Waals surface area (Å²) in [4.78, 5) is 16.5. The van der Waals surface area contributed by atoms with Gasteiger partial charge < -0.3 is 14.5 Å². The number of hydrogen-bond donors (Lipinski definition) is 0. The Kier molecular flexibility index (Phi) is 4.99. The van der Waals surface area contributed by atoms with E-state index in [1.807, 2.05) is 29.2 Å². The van der Waals surface area contributed by atoms with Gasteiger partial charge in [0, 0.05) is 32.6 Å². The fraction of sp³-hybridized carbons (Fsp3) is 0.588. The second-order valence-electron chi connectivity index (χ2n) is 6.51. The molecule has 0 unspecified atom stereocenters. The third-order valence-electron chi connectivity index (χ3n) is 4.85. The lowest BCUT2D eigenvalue weighted by Gasteiger charge is -2.37. The van der Waals surface area contributed by atoms with Crippen LogP contribution in [0.3, 0.4) is 0 Å². The van der Waals surface area contributed by atoms with Gasteiger partial charge in [-0.25, -0.2) is 8.42 Å². The Bertz CT molecular complexity index is 696. The quantitative estimate of drug-likeness (QED) is 0.814. The fourth-order valence-electron chi connectivity index (χ4n) is 3.50. The number of amides is 1. The molecule has 0 N–H and O–H groups in total. The number of piperazine rings is 1. The summed E-state index contributed by atoms with van der Waals surface area (Å²) in [5.74, 6) is 1.31. The molecular weight excluding hydrogens is 328 g/mol. The molecule has 2 fully saturated rings. The number of methoxy groups -OCH3 is 1. The van der Waals surface area contributed by atoms with Gasteiger partial charge in [0.05, 0.1) is 24.3 Å². The highest BCUT2D eigenvalue weighted by atomic mass is 32.2. The maximum absolute atomic E-state index is 12.4. The average molecular weight is 352 g/mol. The largest absolute Gasteiger partial charge is 0.495 e. The van der Waals surface area contributed by atoms with E-state index in [0.717, 1.165) is 24.5 Å². The predicted octanol–water partition coefficient (Wildman–Crippen LogP) is 1.17. The Balaban J connectivity index is 1.54. The zero-order valence-electron chi connectivity index (χ0n) is 14.0. The highest BCUT2D eigenvalue weighted by Gasteiger charge is 2.31. The van der Waals surface area contributed by atoms with Gasteiger partial charge in [-0.05, 0) is 24.5 Å². The van der Waals surface area contributed by atoms with E-state index in [0.29, 0.717) is 25.9 Å². The molecule has 24 heavy (non-hydrogen) atoms. The van der Waals surface area contributed by atoms with Crippen LogP contribution in [0.15, 0.2) is 24.3 Å². The summed E-state index contributed by atoms with van der Waals surface area (Å²) in [6.45, 7) is 2.84. The Morgan fingerprint density at radius 2 is 1.92 bits per heavy atom. The first-order valence-corrected chi connectivity index (χ1v) is 10.2. The molecule has 0 spiro atoms. The van der Waals surface area contributed by atoms with Crippen LogP contribution in [-0.4, -0.2) is 64.0 Å². The summed E-state index contributed by atoms with van der Waals surface area (Å²) in [5, 5.41) is 0. The van der Waals surface area contributed by atoms with E-state index in [1.54, 1.807) is 7.11 Å². The molecule has 2 heterocycles. The van der Waals surface area contributed by atoms with Crippen LogP contribution in [0.25, 0.3) is 0 Å². The van der Waals surface area contributed by atoms with Crippen molar-refractivity contribution in [3.05, 3.63) is 24.3 Å². The number of para-hydroxylation sites is 2. The van der Waals surface area contributed by atoms with E-state index < -0.39 is 9.84 Å². The molecule has 3 rings (SSSR count). The van der Waals surface area contributed by atoms with E-state index in [9.17, 15) is 13.2 Å². The topological polar surface area (TPSA) is 66.9 Å². The zero-order valence-corrected chi connectivity index (χ0v) is 14.8. The number of nitrogens with zero attached hydrogens (tertiary/aromatic N) is 2. The van der Waals surface area contributed by atoms with Crippen molar-refractivity contribution in [2.24, 2.45) is 5.92 Å². The molecule has 2 aliphatic rings. The molecule has 132 valence electrons. The SMILES string of the molecule is COc1ccccc1N1CCN(C(=O)C[C@H]2CCS(=O)(=O)C2)CC1. The summed E-state index contributed by atoms with van der Waals surface area (Å²) >= 11 is 0. The molecule has 0 radical (unpaired) electrons. The third-order valence-corrected chi connectivity index (χ3v) is 6.69. The molecule has 1 aromatic rings. The van der Waals surface area contributed by atoms with Crippen LogP contribution in [-0.2, 0) is 14.6 Å². The number of sulfone groups is 1. The van der Waals surface area contributed by atoms with Crippen LogP contribution in [0.5, 0.6) is 5.75 Å². The van der Waals surface area contributed by atoms with Crippen LogP contribution >= 0.6 is 0 Å². The first kappa shape index (κ1) is 17.1. The number of rotatable bonds is 4. The number of carbonyl (C=O) groups is 1. The zero-order chi connectivity index (χ0) is 17.2. The molecular formula is C17H24N2O4S. The van der Waals surface area contributed by atoms with Crippen molar-refractivity contribution in [1.82, 2.24) is 4.90 Å². The van der Waals surface area contributed by atoms with Gasteiger partial charge >= 0.3 is 0 Å². The van der Waals surface area contributed by atoms with Crippen molar-refractivity contribution >= 4 is 21.4 Å². The normalized spacial score (nSPS) is 23.3. The molecule has 6 nitrogen and oxygen atoms in total. The van der Waals surface area contributed by atoms with E-state index >= 15 is 0 Å². The van der Waals surface area contributed by atoms with Crippen molar-refractivity contribution in [2.75, 3.05) is 49.7 Å². The maximum atomic E-state index is 12.4. The summed E-state index contributed by atoms with van der Waals surface area (Å²) in [7, 11) is -1.26. The second kappa shape index (κ2) is 7.01. The minimum absolute atomic E-state index is 0.00486. The smallest absolute Gasteiger partial charge is 0.223 e. The van der Waals surface area contributed by atoms with Gasteiger partial charge in [0.25, 0.3) is 0 Å². The van der Waals surface area contributed by atoms with Crippen molar-refractivity contribution in [3.63, 3.8) is 0 Å². The first-order valence-electron chi connectivity index (χ1n) is 8.34. The summed E-state index contributed by atoms with van der Waals surface area (Å²) in [6.07, 6.45) is 0.975.